The van der Waals surface area contributed by atoms with Gasteiger partial charge in [-0.2, -0.15) is 0 Å². The largest absolute Gasteiger partial charge is 0.577 e. The molecule has 8 N–H and O–H groups in total. The van der Waals surface area contributed by atoms with Crippen LogP contribution >= 0.6 is 0 Å². The maximum atomic E-state index is 9.84. The Morgan fingerprint density at radius 2 is 1.92 bits per heavy atom. The monoisotopic (exact) mass is 494 g/mol. The Bertz CT molecular complexity index is 1180. The fourth-order valence-electron chi connectivity index (χ4n) is 3.58. The third kappa shape index (κ3) is 5.85. The number of hydrogen-bond acceptors (Lipinski definition) is 9. The summed E-state index contributed by atoms with van der Waals surface area (Å²) in [4.78, 5) is 12.5. The summed E-state index contributed by atoms with van der Waals surface area (Å²) in [6, 6.07) is 3.29. The van der Waals surface area contributed by atoms with E-state index in [4.69, 9.17) is 16.2 Å². The predicted molar refractivity (Wildman–Crippen MR) is 142 cm³/mol. The van der Waals surface area contributed by atoms with Crippen LogP contribution in [0.2, 0.25) is 0 Å². The van der Waals surface area contributed by atoms with E-state index in [9.17, 15) is 5.11 Å². The molecule has 0 aromatic carbocycles. The Labute approximate surface area is 211 Å². The van der Waals surface area contributed by atoms with Crippen molar-refractivity contribution in [1.29, 1.82) is 5.41 Å². The van der Waals surface area contributed by atoms with E-state index < -0.39 is 16.6 Å². The number of rotatable bonds is 8. The minimum absolute atomic E-state index is 0.0166. The molecule has 0 saturated carbocycles. The predicted octanol–water partition coefficient (Wildman–Crippen LogP) is 2.10. The number of nitrogen functional groups attached to an aromatic ring is 1. The van der Waals surface area contributed by atoms with E-state index in [0.717, 1.165) is 11.1 Å². The molecule has 0 bridgehead atoms. The summed E-state index contributed by atoms with van der Waals surface area (Å²) in [5.41, 5.74) is 5.40. The molecule has 11 heteroatoms. The Morgan fingerprint density at radius 3 is 2.42 bits per heavy atom. The van der Waals surface area contributed by atoms with Crippen molar-refractivity contribution >= 4 is 23.5 Å². The first-order valence-corrected chi connectivity index (χ1v) is 11.7. The molecule has 3 rings (SSSR count). The molecule has 192 valence electrons. The molecule has 0 fully saturated rings. The topological polar surface area (TPSA) is 181 Å². The molecule has 0 saturated heterocycles. The normalized spacial score (nSPS) is 19.9. The van der Waals surface area contributed by atoms with Crippen molar-refractivity contribution in [3.63, 3.8) is 0 Å². The van der Waals surface area contributed by atoms with Gasteiger partial charge in [0, 0.05) is 30.7 Å². The molecule has 3 heterocycles. The Morgan fingerprint density at radius 1 is 1.25 bits per heavy atom. The lowest BCUT2D eigenvalue weighted by Crippen LogP contribution is -2.41. The maximum absolute atomic E-state index is 9.84. The van der Waals surface area contributed by atoms with Crippen LogP contribution in [0.25, 0.3) is 0 Å². The van der Waals surface area contributed by atoms with Crippen LogP contribution in [0, 0.1) is 16.7 Å². The number of dihydropyridines is 1. The Balaban J connectivity index is 1.80. The van der Waals surface area contributed by atoms with Crippen LogP contribution in [-0.4, -0.2) is 54.3 Å². The van der Waals surface area contributed by atoms with E-state index >= 15 is 0 Å². The summed E-state index contributed by atoms with van der Waals surface area (Å²) in [5.74, 6) is 0.612. The summed E-state index contributed by atoms with van der Waals surface area (Å²) in [6.07, 6.45) is 9.23. The first-order valence-electron chi connectivity index (χ1n) is 11.7. The number of hydrogen-bond donors (Lipinski definition) is 5. The van der Waals surface area contributed by atoms with Crippen molar-refractivity contribution in [1.82, 2.24) is 25.5 Å². The summed E-state index contributed by atoms with van der Waals surface area (Å²) in [6.45, 7) is 11.7. The van der Waals surface area contributed by atoms with Gasteiger partial charge in [0.2, 0.25) is 11.6 Å². The van der Waals surface area contributed by atoms with Crippen LogP contribution in [0.1, 0.15) is 52.8 Å². The van der Waals surface area contributed by atoms with Crippen LogP contribution in [0.3, 0.4) is 0 Å². The highest BCUT2D eigenvalue weighted by Gasteiger charge is 2.39. The number of aliphatic imine (C=N–C) groups is 1. The summed E-state index contributed by atoms with van der Waals surface area (Å²) < 4.78 is 0. The number of allylic oxidation sites excluding steroid dienone is 1. The average Bonchev–Trinajstić information content (AvgIpc) is 2.82. The average molecular weight is 495 g/mol. The Kier molecular flexibility index (Phi) is 7.44. The van der Waals surface area contributed by atoms with E-state index in [-0.39, 0.29) is 29.3 Å². The van der Waals surface area contributed by atoms with Crippen LogP contribution in [0.15, 0.2) is 53.4 Å². The zero-order valence-electron chi connectivity index (χ0n) is 21.6. The molecule has 1 aliphatic heterocycles. The molecule has 2 atom stereocenters. The number of aromatic nitrogens is 4. The molecular weight excluding hydrogens is 458 g/mol. The van der Waals surface area contributed by atoms with E-state index in [0.29, 0.717) is 12.4 Å². The van der Waals surface area contributed by atoms with Gasteiger partial charge in [-0.05, 0) is 51.3 Å². The molecule has 2 unspecified atom stereocenters. The van der Waals surface area contributed by atoms with Gasteiger partial charge in [0.15, 0.2) is 0 Å². The van der Waals surface area contributed by atoms with Gasteiger partial charge >= 0.3 is 5.90 Å². The van der Waals surface area contributed by atoms with Crippen molar-refractivity contribution in [2.45, 2.75) is 52.7 Å². The van der Waals surface area contributed by atoms with Crippen LogP contribution in [0.4, 0.5) is 11.8 Å². The van der Waals surface area contributed by atoms with E-state index in [1.165, 1.54) is 0 Å². The number of aliphatic hydroxyl groups is 1. The third-order valence-electron chi connectivity index (χ3n) is 6.47. The molecule has 0 radical (unpaired) electrons. The third-order valence-corrected chi connectivity index (χ3v) is 6.47. The van der Waals surface area contributed by atoms with Gasteiger partial charge in [0.05, 0.1) is 16.6 Å². The van der Waals surface area contributed by atoms with Gasteiger partial charge in [0.1, 0.15) is 11.7 Å². The molecule has 11 nitrogen and oxygen atoms in total. The first kappa shape index (κ1) is 26.7. The SMILES string of the molecule is CC(C)C(C)(C(=N)N=C([OH2+])c1ccc(NCC(C)(C)O)nn1)C1=CNC(C)(c2cnc(N)nc2)C=C1. The van der Waals surface area contributed by atoms with Crippen molar-refractivity contribution in [2.75, 3.05) is 17.6 Å². The molecule has 36 heavy (non-hydrogen) atoms. The van der Waals surface area contributed by atoms with Gasteiger partial charge in [-0.1, -0.05) is 26.0 Å². The Hall–Kier alpha value is -3.86. The van der Waals surface area contributed by atoms with Crippen LogP contribution in [-0.2, 0) is 5.54 Å². The number of nitrogens with zero attached hydrogens (tertiary/aromatic N) is 5. The number of amidine groups is 1. The number of nitrogens with one attached hydrogen (secondary N) is 3. The molecule has 2 aromatic rings. The highest BCUT2D eigenvalue weighted by atomic mass is 16.3. The number of anilines is 2. The summed E-state index contributed by atoms with van der Waals surface area (Å²) in [5, 5.41) is 41.6. The van der Waals surface area contributed by atoms with Crippen molar-refractivity contribution < 1.29 is 10.2 Å². The minimum atomic E-state index is -0.893. The second-order valence-electron chi connectivity index (χ2n) is 10.2. The molecule has 0 amide bonds. The van der Waals surface area contributed by atoms with Gasteiger partial charge in [-0.15, -0.1) is 15.2 Å². The van der Waals surface area contributed by atoms with E-state index in [2.05, 4.69) is 35.8 Å². The van der Waals surface area contributed by atoms with Crippen LogP contribution in [0.5, 0.6) is 0 Å². The van der Waals surface area contributed by atoms with Gasteiger partial charge in [-0.3, -0.25) is 5.41 Å². The fourth-order valence-corrected chi connectivity index (χ4v) is 3.58. The molecule has 0 aliphatic carbocycles. The first-order chi connectivity index (χ1) is 16.7. The van der Waals surface area contributed by atoms with Crippen molar-refractivity contribution in [2.24, 2.45) is 16.3 Å². The highest BCUT2D eigenvalue weighted by molar-refractivity contribution is 6.03. The highest BCUT2D eigenvalue weighted by Crippen LogP contribution is 2.40. The van der Waals surface area contributed by atoms with E-state index in [1.54, 1.807) is 38.4 Å². The van der Waals surface area contributed by atoms with Crippen molar-refractivity contribution in [3.05, 3.63) is 59.7 Å². The zero-order valence-corrected chi connectivity index (χ0v) is 21.6. The smallest absolute Gasteiger partial charge is 0.387 e. The fraction of sp³-hybridized carbons (Fsp3) is 0.440. The molecular formula is C25H36N9O2+. The lowest BCUT2D eigenvalue weighted by atomic mass is 9.70. The maximum Gasteiger partial charge on any atom is 0.387 e. The second kappa shape index (κ2) is 10.0. The van der Waals surface area contributed by atoms with E-state index in [1.807, 2.05) is 46.0 Å². The molecule has 1 aliphatic rings. The van der Waals surface area contributed by atoms with Gasteiger partial charge in [-0.25, -0.2) is 9.97 Å². The van der Waals surface area contributed by atoms with Crippen molar-refractivity contribution in [3.8, 4) is 0 Å². The quantitative estimate of drug-likeness (QED) is 0.210. The molecule has 0 spiro atoms. The van der Waals surface area contributed by atoms with Gasteiger partial charge < -0.3 is 26.6 Å². The lowest BCUT2D eigenvalue weighted by Gasteiger charge is -2.38. The summed E-state index contributed by atoms with van der Waals surface area (Å²) >= 11 is 0. The summed E-state index contributed by atoms with van der Waals surface area (Å²) in [7, 11) is 0. The van der Waals surface area contributed by atoms with Gasteiger partial charge in [0.25, 0.3) is 0 Å². The standard InChI is InChI=1S/C25H35N9O2/c1-15(2)25(6,16-9-10-24(5,31-13-16)17-11-28-22(27)29-12-17)21(26)32-20(35)18-7-8-19(34-33-18)30-14-23(3,4)36/h7-13,15,31,36H,14H2,1-6H3,(H,30,34)(H2,26,32,35)(H2,27,28,29)/p+1. The number of nitrogens with two attached hydrogens (primary N) is 1. The minimum Gasteiger partial charge on any atom is -0.577 e. The lowest BCUT2D eigenvalue weighted by molar-refractivity contribution is 0.0944. The van der Waals surface area contributed by atoms with Crippen LogP contribution < -0.4 is 16.4 Å². The second-order valence-corrected chi connectivity index (χ2v) is 10.2. The zero-order chi connectivity index (χ0) is 26.7. The molecule has 2 aromatic heterocycles.